The Morgan fingerprint density at radius 2 is 2.00 bits per heavy atom. The van der Waals surface area contributed by atoms with E-state index in [4.69, 9.17) is 16.3 Å². The highest BCUT2D eigenvalue weighted by Crippen LogP contribution is 2.37. The molecule has 17 heavy (non-hydrogen) atoms. The van der Waals surface area contributed by atoms with Crippen molar-refractivity contribution in [3.05, 3.63) is 21.6 Å². The normalized spacial score (nSPS) is 11.6. The molecule has 0 radical (unpaired) electrons. The molecule has 1 aromatic carbocycles. The minimum absolute atomic E-state index is 0.320. The second kappa shape index (κ2) is 5.46. The van der Waals surface area contributed by atoms with Crippen molar-refractivity contribution in [3.8, 4) is 5.75 Å². The predicted molar refractivity (Wildman–Crippen MR) is 73.4 cm³/mol. The van der Waals surface area contributed by atoms with Crippen molar-refractivity contribution in [2.45, 2.75) is 19.1 Å². The summed E-state index contributed by atoms with van der Waals surface area (Å²) in [5, 5.41) is -0.121. The lowest BCUT2D eigenvalue weighted by Crippen LogP contribution is -2.22. The van der Waals surface area contributed by atoms with Gasteiger partial charge < -0.3 is 4.74 Å². The Labute approximate surface area is 114 Å². The Morgan fingerprint density at radius 1 is 1.41 bits per heavy atom. The average molecular weight is 343 g/mol. The van der Waals surface area contributed by atoms with Crippen molar-refractivity contribution in [1.29, 1.82) is 0 Å². The topological polar surface area (TPSA) is 55.4 Å². The second-order valence-electron chi connectivity index (χ2n) is 3.66. The number of ether oxygens (including phenoxy) is 1. The van der Waals surface area contributed by atoms with Gasteiger partial charge in [0.25, 0.3) is 0 Å². The molecule has 0 atom stereocenters. The van der Waals surface area contributed by atoms with Crippen LogP contribution in [-0.4, -0.2) is 20.8 Å². The third kappa shape index (κ3) is 3.50. The number of methoxy groups -OCH3 is 1. The van der Waals surface area contributed by atoms with Gasteiger partial charge in [0.1, 0.15) is 0 Å². The zero-order chi connectivity index (χ0) is 13.2. The molecule has 0 aliphatic carbocycles. The molecule has 0 saturated heterocycles. The Morgan fingerprint density at radius 3 is 2.47 bits per heavy atom. The highest BCUT2D eigenvalue weighted by Gasteiger charge is 2.19. The molecule has 0 fully saturated rings. The van der Waals surface area contributed by atoms with E-state index in [0.717, 1.165) is 0 Å². The van der Waals surface area contributed by atoms with Crippen molar-refractivity contribution < 1.29 is 13.2 Å². The number of halogens is 2. The standard InChI is InChI=1S/C10H13BrClNO3S/c1-6(2)17(14,15)13-9-5-7(12)4-8(11)10(9)16-3/h4-6,13H,1-3H3. The van der Waals surface area contributed by atoms with Gasteiger partial charge in [0, 0.05) is 5.02 Å². The summed E-state index contributed by atoms with van der Waals surface area (Å²) in [6, 6.07) is 3.14. The lowest BCUT2D eigenvalue weighted by atomic mass is 10.3. The molecule has 1 N–H and O–H groups in total. The first-order valence-corrected chi connectivity index (χ1v) is 7.54. The van der Waals surface area contributed by atoms with E-state index in [1.54, 1.807) is 19.9 Å². The van der Waals surface area contributed by atoms with E-state index in [1.165, 1.54) is 13.2 Å². The van der Waals surface area contributed by atoms with Crippen LogP contribution in [0.15, 0.2) is 16.6 Å². The van der Waals surface area contributed by atoms with Crippen LogP contribution in [0.5, 0.6) is 5.75 Å². The molecule has 96 valence electrons. The Hall–Kier alpha value is -0.460. The third-order valence-electron chi connectivity index (χ3n) is 2.09. The highest BCUT2D eigenvalue weighted by molar-refractivity contribution is 9.10. The monoisotopic (exact) mass is 341 g/mol. The molecule has 0 aliphatic heterocycles. The van der Waals surface area contributed by atoms with Gasteiger partial charge in [0.05, 0.1) is 22.5 Å². The van der Waals surface area contributed by atoms with Gasteiger partial charge in [-0.3, -0.25) is 4.72 Å². The van der Waals surface area contributed by atoms with Crippen molar-refractivity contribution in [1.82, 2.24) is 0 Å². The lowest BCUT2D eigenvalue weighted by molar-refractivity contribution is 0.414. The smallest absolute Gasteiger partial charge is 0.235 e. The number of nitrogens with one attached hydrogen (secondary N) is 1. The van der Waals surface area contributed by atoms with Crippen LogP contribution in [-0.2, 0) is 10.0 Å². The molecule has 4 nitrogen and oxygen atoms in total. The fourth-order valence-electron chi connectivity index (χ4n) is 1.11. The largest absolute Gasteiger partial charge is 0.493 e. The summed E-state index contributed by atoms with van der Waals surface area (Å²) >= 11 is 9.13. The molecule has 0 unspecified atom stereocenters. The Kier molecular flexibility index (Phi) is 4.69. The quantitative estimate of drug-likeness (QED) is 0.913. The highest BCUT2D eigenvalue weighted by atomic mass is 79.9. The van der Waals surface area contributed by atoms with Gasteiger partial charge in [-0.1, -0.05) is 11.6 Å². The number of anilines is 1. The molecule has 7 heteroatoms. The predicted octanol–water partition coefficient (Wildman–Crippen LogP) is 3.26. The van der Waals surface area contributed by atoms with E-state index in [-0.39, 0.29) is 0 Å². The summed E-state index contributed by atoms with van der Waals surface area (Å²) in [7, 11) is -1.97. The number of sulfonamides is 1. The van der Waals surface area contributed by atoms with E-state index in [2.05, 4.69) is 20.7 Å². The fraction of sp³-hybridized carbons (Fsp3) is 0.400. The maximum atomic E-state index is 11.8. The van der Waals surface area contributed by atoms with Crippen LogP contribution >= 0.6 is 27.5 Å². The molecular formula is C10H13BrClNO3S. The van der Waals surface area contributed by atoms with Gasteiger partial charge in [-0.15, -0.1) is 0 Å². The second-order valence-corrected chi connectivity index (χ2v) is 7.19. The van der Waals surface area contributed by atoms with Crippen LogP contribution in [0.2, 0.25) is 5.02 Å². The summed E-state index contributed by atoms with van der Waals surface area (Å²) in [4.78, 5) is 0. The maximum Gasteiger partial charge on any atom is 0.235 e. The molecule has 0 aromatic heterocycles. The molecule has 1 aromatic rings. The summed E-state index contributed by atoms with van der Waals surface area (Å²) < 4.78 is 31.7. The van der Waals surface area contributed by atoms with Crippen molar-refractivity contribution in [2.24, 2.45) is 0 Å². The van der Waals surface area contributed by atoms with Crippen LogP contribution in [0.3, 0.4) is 0 Å². The van der Waals surface area contributed by atoms with Crippen molar-refractivity contribution in [3.63, 3.8) is 0 Å². The summed E-state index contributed by atoms with van der Waals surface area (Å²) in [6.07, 6.45) is 0. The minimum atomic E-state index is -3.43. The number of hydrogen-bond donors (Lipinski definition) is 1. The molecule has 1 rings (SSSR count). The third-order valence-corrected chi connectivity index (χ3v) is 4.64. The Balaban J connectivity index is 3.23. The van der Waals surface area contributed by atoms with Gasteiger partial charge in [0.2, 0.25) is 10.0 Å². The van der Waals surface area contributed by atoms with Gasteiger partial charge >= 0.3 is 0 Å². The van der Waals surface area contributed by atoms with Gasteiger partial charge in [-0.2, -0.15) is 0 Å². The van der Waals surface area contributed by atoms with Gasteiger partial charge in [-0.25, -0.2) is 8.42 Å². The molecular weight excluding hydrogens is 330 g/mol. The zero-order valence-electron chi connectivity index (χ0n) is 9.62. The molecule has 0 heterocycles. The van der Waals surface area contributed by atoms with Gasteiger partial charge in [-0.05, 0) is 41.9 Å². The average Bonchev–Trinajstić information content (AvgIpc) is 2.15. The van der Waals surface area contributed by atoms with E-state index < -0.39 is 15.3 Å². The van der Waals surface area contributed by atoms with Crippen LogP contribution in [0.4, 0.5) is 5.69 Å². The summed E-state index contributed by atoms with van der Waals surface area (Å²) in [5.41, 5.74) is 0.320. The molecule has 0 bridgehead atoms. The fourth-order valence-corrected chi connectivity index (χ4v) is 2.78. The van der Waals surface area contributed by atoms with Crippen molar-refractivity contribution in [2.75, 3.05) is 11.8 Å². The Bertz CT molecular complexity index is 517. The molecule has 0 spiro atoms. The first kappa shape index (κ1) is 14.6. The summed E-state index contributed by atoms with van der Waals surface area (Å²) in [5.74, 6) is 0.402. The van der Waals surface area contributed by atoms with E-state index >= 15 is 0 Å². The first-order chi connectivity index (χ1) is 7.77. The molecule has 0 amide bonds. The molecule has 0 aliphatic rings. The molecule has 0 saturated carbocycles. The van der Waals surface area contributed by atoms with Crippen LogP contribution in [0.25, 0.3) is 0 Å². The lowest BCUT2D eigenvalue weighted by Gasteiger charge is -2.15. The van der Waals surface area contributed by atoms with E-state index in [9.17, 15) is 8.42 Å². The van der Waals surface area contributed by atoms with Crippen LogP contribution in [0.1, 0.15) is 13.8 Å². The van der Waals surface area contributed by atoms with Crippen molar-refractivity contribution >= 4 is 43.2 Å². The number of hydrogen-bond acceptors (Lipinski definition) is 3. The SMILES string of the molecule is COc1c(Br)cc(Cl)cc1NS(=O)(=O)C(C)C. The number of rotatable bonds is 4. The van der Waals surface area contributed by atoms with E-state index in [1.807, 2.05) is 0 Å². The summed E-state index contributed by atoms with van der Waals surface area (Å²) in [6.45, 7) is 3.18. The van der Waals surface area contributed by atoms with Crippen LogP contribution in [0, 0.1) is 0 Å². The maximum absolute atomic E-state index is 11.8. The number of benzene rings is 1. The van der Waals surface area contributed by atoms with E-state index in [0.29, 0.717) is 20.9 Å². The van der Waals surface area contributed by atoms with Gasteiger partial charge in [0.15, 0.2) is 5.75 Å². The first-order valence-electron chi connectivity index (χ1n) is 4.82. The zero-order valence-corrected chi connectivity index (χ0v) is 12.8. The minimum Gasteiger partial charge on any atom is -0.493 e. The van der Waals surface area contributed by atoms with Crippen LogP contribution < -0.4 is 9.46 Å².